The van der Waals surface area contributed by atoms with Gasteiger partial charge in [-0.15, -0.1) is 24.0 Å². The van der Waals surface area contributed by atoms with E-state index in [2.05, 4.69) is 63.6 Å². The van der Waals surface area contributed by atoms with E-state index in [4.69, 9.17) is 9.15 Å². The molecule has 2 N–H and O–H groups in total. The van der Waals surface area contributed by atoms with Crippen LogP contribution in [0, 0.1) is 13.8 Å². The number of nitrogens with one attached hydrogen (secondary N) is 2. The summed E-state index contributed by atoms with van der Waals surface area (Å²) in [5, 5.41) is 6.66. The number of guanidine groups is 1. The van der Waals surface area contributed by atoms with Crippen molar-refractivity contribution in [2.45, 2.75) is 59.5 Å². The quantitative estimate of drug-likeness (QED) is 0.341. The summed E-state index contributed by atoms with van der Waals surface area (Å²) in [6, 6.07) is 8.56. The van der Waals surface area contributed by atoms with Crippen LogP contribution >= 0.6 is 24.0 Å². The van der Waals surface area contributed by atoms with E-state index in [1.807, 2.05) is 13.8 Å². The lowest BCUT2D eigenvalue weighted by molar-refractivity contribution is -0.0705. The van der Waals surface area contributed by atoms with Crippen molar-refractivity contribution in [1.82, 2.24) is 20.5 Å². The summed E-state index contributed by atoms with van der Waals surface area (Å²) in [5.74, 6) is 2.24. The van der Waals surface area contributed by atoms with Gasteiger partial charge >= 0.3 is 0 Å². The summed E-state index contributed by atoms with van der Waals surface area (Å²) in [5.41, 5.74) is 3.52. The number of hydrogen-bond acceptors (Lipinski definition) is 5. The van der Waals surface area contributed by atoms with Crippen molar-refractivity contribution in [3.63, 3.8) is 0 Å². The molecule has 1 aromatic heterocycles. The first kappa shape index (κ1) is 24.6. The second-order valence-electron chi connectivity index (χ2n) is 7.75. The van der Waals surface area contributed by atoms with Gasteiger partial charge in [-0.25, -0.2) is 4.98 Å². The van der Waals surface area contributed by atoms with Crippen LogP contribution in [0.25, 0.3) is 0 Å². The molecule has 2 unspecified atom stereocenters. The summed E-state index contributed by atoms with van der Waals surface area (Å²) in [7, 11) is 1.77. The van der Waals surface area contributed by atoms with Crippen LogP contribution in [0.2, 0.25) is 0 Å². The molecule has 8 heteroatoms. The van der Waals surface area contributed by atoms with E-state index >= 15 is 0 Å². The van der Waals surface area contributed by atoms with Gasteiger partial charge in [0.15, 0.2) is 5.96 Å². The molecule has 2 atom stereocenters. The topological polar surface area (TPSA) is 74.9 Å². The first-order valence-electron chi connectivity index (χ1n) is 10.3. The smallest absolute Gasteiger partial charge is 0.214 e. The van der Waals surface area contributed by atoms with Crippen LogP contribution < -0.4 is 10.6 Å². The van der Waals surface area contributed by atoms with E-state index in [9.17, 15) is 0 Å². The van der Waals surface area contributed by atoms with Crippen LogP contribution in [0.3, 0.4) is 0 Å². The van der Waals surface area contributed by atoms with Crippen molar-refractivity contribution >= 4 is 29.9 Å². The lowest BCUT2D eigenvalue weighted by Gasteiger charge is -2.35. The van der Waals surface area contributed by atoms with Crippen molar-refractivity contribution in [2.24, 2.45) is 4.99 Å². The van der Waals surface area contributed by atoms with Gasteiger partial charge in [0.1, 0.15) is 5.76 Å². The molecule has 0 amide bonds. The molecule has 166 valence electrons. The Hall–Kier alpha value is -1.65. The van der Waals surface area contributed by atoms with Crippen LogP contribution in [-0.4, -0.2) is 48.2 Å². The number of ether oxygens (including phenoxy) is 1. The van der Waals surface area contributed by atoms with E-state index in [1.165, 1.54) is 11.1 Å². The maximum Gasteiger partial charge on any atom is 0.214 e. The maximum absolute atomic E-state index is 5.86. The molecular weight excluding hydrogens is 493 g/mol. The standard InChI is InChI=1S/C22H33N5O2.HI/c1-15-12-27(13-16(2)28-15)14-20-9-7-6-8-19(20)10-24-22(23-5)25-11-21-26-17(3)18(4)29-21;/h6-9,15-16H,10-14H2,1-5H3,(H2,23,24,25);1H. The Morgan fingerprint density at radius 1 is 1.10 bits per heavy atom. The molecule has 0 aliphatic carbocycles. The number of aromatic nitrogens is 1. The number of hydrogen-bond donors (Lipinski definition) is 2. The van der Waals surface area contributed by atoms with Crippen molar-refractivity contribution < 1.29 is 9.15 Å². The Morgan fingerprint density at radius 3 is 2.33 bits per heavy atom. The minimum atomic E-state index is 0. The Balaban J connectivity index is 0.00000320. The highest BCUT2D eigenvalue weighted by atomic mass is 127. The van der Waals surface area contributed by atoms with Crippen molar-refractivity contribution in [3.05, 3.63) is 52.7 Å². The lowest BCUT2D eigenvalue weighted by atomic mass is 10.1. The molecule has 0 bridgehead atoms. The predicted molar refractivity (Wildman–Crippen MR) is 130 cm³/mol. The van der Waals surface area contributed by atoms with Gasteiger partial charge in [0.05, 0.1) is 24.4 Å². The van der Waals surface area contributed by atoms with E-state index in [0.717, 1.165) is 37.0 Å². The number of aliphatic imine (C=N–C) groups is 1. The number of halogens is 1. The third kappa shape index (κ3) is 6.95. The maximum atomic E-state index is 5.86. The van der Waals surface area contributed by atoms with Gasteiger partial charge < -0.3 is 19.8 Å². The summed E-state index contributed by atoms with van der Waals surface area (Å²) in [6.07, 6.45) is 0.545. The zero-order chi connectivity index (χ0) is 20.8. The van der Waals surface area contributed by atoms with E-state index in [0.29, 0.717) is 19.0 Å². The third-order valence-corrected chi connectivity index (χ3v) is 5.16. The fourth-order valence-corrected chi connectivity index (χ4v) is 3.71. The Morgan fingerprint density at radius 2 is 1.73 bits per heavy atom. The van der Waals surface area contributed by atoms with Crippen LogP contribution in [-0.2, 0) is 24.4 Å². The van der Waals surface area contributed by atoms with Crippen molar-refractivity contribution in [3.8, 4) is 0 Å². The van der Waals surface area contributed by atoms with Crippen LogP contribution in [0.5, 0.6) is 0 Å². The molecule has 1 fully saturated rings. The molecule has 1 aliphatic rings. The zero-order valence-corrected chi connectivity index (χ0v) is 20.9. The largest absolute Gasteiger partial charge is 0.444 e. The summed E-state index contributed by atoms with van der Waals surface area (Å²) < 4.78 is 11.5. The number of nitrogens with zero attached hydrogens (tertiary/aromatic N) is 3. The first-order chi connectivity index (χ1) is 13.9. The molecule has 7 nitrogen and oxygen atoms in total. The predicted octanol–water partition coefficient (Wildman–Crippen LogP) is 3.38. The second kappa shape index (κ2) is 11.7. The molecule has 1 aromatic carbocycles. The summed E-state index contributed by atoms with van der Waals surface area (Å²) in [4.78, 5) is 11.2. The fraction of sp³-hybridized carbons (Fsp3) is 0.545. The average molecular weight is 527 g/mol. The van der Waals surface area contributed by atoms with Gasteiger partial charge in [0, 0.05) is 33.2 Å². The van der Waals surface area contributed by atoms with E-state index in [1.54, 1.807) is 7.05 Å². The molecule has 1 saturated heterocycles. The normalized spacial score (nSPS) is 20.0. The molecule has 3 rings (SSSR count). The lowest BCUT2D eigenvalue weighted by Crippen LogP contribution is -2.45. The van der Waals surface area contributed by atoms with Crippen molar-refractivity contribution in [2.75, 3.05) is 20.1 Å². The van der Waals surface area contributed by atoms with E-state index < -0.39 is 0 Å². The first-order valence-corrected chi connectivity index (χ1v) is 10.3. The molecule has 0 spiro atoms. The number of aryl methyl sites for hydroxylation is 2. The number of benzene rings is 1. The highest BCUT2D eigenvalue weighted by molar-refractivity contribution is 14.0. The van der Waals surface area contributed by atoms with Crippen LogP contribution in [0.15, 0.2) is 33.7 Å². The summed E-state index contributed by atoms with van der Waals surface area (Å²) in [6.45, 7) is 12.2. The van der Waals surface area contributed by atoms with Gasteiger partial charge in [-0.2, -0.15) is 0 Å². The Bertz CT molecular complexity index is 809. The number of rotatable bonds is 6. The van der Waals surface area contributed by atoms with Crippen LogP contribution in [0.1, 0.15) is 42.3 Å². The summed E-state index contributed by atoms with van der Waals surface area (Å²) >= 11 is 0. The van der Waals surface area contributed by atoms with E-state index in [-0.39, 0.29) is 36.2 Å². The highest BCUT2D eigenvalue weighted by Crippen LogP contribution is 2.17. The Labute approximate surface area is 196 Å². The van der Waals surface area contributed by atoms with Gasteiger partial charge in [-0.1, -0.05) is 24.3 Å². The molecular formula is C22H34IN5O2. The SMILES string of the molecule is CN=C(NCc1nc(C)c(C)o1)NCc1ccccc1CN1CC(C)OC(C)C1.I. The Kier molecular flexibility index (Phi) is 9.57. The highest BCUT2D eigenvalue weighted by Gasteiger charge is 2.22. The molecule has 0 radical (unpaired) electrons. The monoisotopic (exact) mass is 527 g/mol. The molecule has 2 heterocycles. The molecule has 0 saturated carbocycles. The number of morpholine rings is 1. The second-order valence-corrected chi connectivity index (χ2v) is 7.75. The minimum Gasteiger partial charge on any atom is -0.444 e. The molecule has 1 aliphatic heterocycles. The fourth-order valence-electron chi connectivity index (χ4n) is 3.71. The van der Waals surface area contributed by atoms with Gasteiger partial charge in [0.2, 0.25) is 5.89 Å². The van der Waals surface area contributed by atoms with Crippen molar-refractivity contribution in [1.29, 1.82) is 0 Å². The third-order valence-electron chi connectivity index (χ3n) is 5.16. The zero-order valence-electron chi connectivity index (χ0n) is 18.6. The average Bonchev–Trinajstić information content (AvgIpc) is 3.00. The van der Waals surface area contributed by atoms with Gasteiger partial charge in [-0.05, 0) is 38.8 Å². The molecule has 2 aromatic rings. The van der Waals surface area contributed by atoms with Gasteiger partial charge in [-0.3, -0.25) is 9.89 Å². The van der Waals surface area contributed by atoms with Crippen LogP contribution in [0.4, 0.5) is 0 Å². The number of oxazole rings is 1. The minimum absolute atomic E-state index is 0. The molecule has 30 heavy (non-hydrogen) atoms. The van der Waals surface area contributed by atoms with Gasteiger partial charge in [0.25, 0.3) is 0 Å².